The van der Waals surface area contributed by atoms with Crippen molar-refractivity contribution in [2.24, 2.45) is 5.73 Å². The van der Waals surface area contributed by atoms with Gasteiger partial charge in [-0.3, -0.25) is 9.88 Å². The van der Waals surface area contributed by atoms with Crippen molar-refractivity contribution in [3.05, 3.63) is 16.6 Å². The number of aromatic nitrogens is 1. The molecule has 3 nitrogen and oxygen atoms in total. The Bertz CT molecular complexity index is 272. The summed E-state index contributed by atoms with van der Waals surface area (Å²) in [6.07, 6.45) is 3.01. The molecule has 0 aliphatic heterocycles. The van der Waals surface area contributed by atoms with Gasteiger partial charge in [-0.1, -0.05) is 19.1 Å². The lowest BCUT2D eigenvalue weighted by Crippen LogP contribution is -2.32. The molecule has 0 radical (unpaired) electrons. The van der Waals surface area contributed by atoms with Crippen LogP contribution in [-0.2, 0) is 6.54 Å². The third-order valence-corrected chi connectivity index (χ3v) is 2.68. The predicted molar refractivity (Wildman–Crippen MR) is 64.5 cm³/mol. The molecule has 1 heterocycles. The molecule has 0 saturated heterocycles. The minimum Gasteiger partial charge on any atom is -0.392 e. The number of thiazole rings is 1. The van der Waals surface area contributed by atoms with Crippen LogP contribution in [0.5, 0.6) is 0 Å². The summed E-state index contributed by atoms with van der Waals surface area (Å²) in [6.45, 7) is 4.77. The van der Waals surface area contributed by atoms with Crippen LogP contribution in [-0.4, -0.2) is 28.0 Å². The Balaban J connectivity index is 2.46. The number of hydrogen-bond donors (Lipinski definition) is 1. The second kappa shape index (κ2) is 6.06. The van der Waals surface area contributed by atoms with E-state index < -0.39 is 0 Å². The molecule has 1 aromatic rings. The van der Waals surface area contributed by atoms with E-state index in [0.717, 1.165) is 19.5 Å². The molecule has 5 heteroatoms. The third kappa shape index (κ3) is 4.13. The summed E-state index contributed by atoms with van der Waals surface area (Å²) in [4.78, 5) is 8.11. The van der Waals surface area contributed by atoms with Gasteiger partial charge in [0.05, 0.1) is 10.5 Å². The zero-order valence-electron chi connectivity index (χ0n) is 8.27. The van der Waals surface area contributed by atoms with E-state index in [1.807, 2.05) is 11.7 Å². The molecule has 0 aliphatic carbocycles. The van der Waals surface area contributed by atoms with Gasteiger partial charge in [0.15, 0.2) is 0 Å². The van der Waals surface area contributed by atoms with E-state index >= 15 is 0 Å². The summed E-state index contributed by atoms with van der Waals surface area (Å²) in [5, 5.41) is 0. The molecule has 0 unspecified atom stereocenters. The van der Waals surface area contributed by atoms with Gasteiger partial charge in [0, 0.05) is 24.2 Å². The molecule has 1 rings (SSSR count). The zero-order valence-corrected chi connectivity index (χ0v) is 9.90. The highest BCUT2D eigenvalue weighted by molar-refractivity contribution is 7.80. The zero-order chi connectivity index (χ0) is 10.4. The maximum absolute atomic E-state index is 5.53. The Kier molecular flexibility index (Phi) is 5.00. The van der Waals surface area contributed by atoms with Crippen molar-refractivity contribution in [1.29, 1.82) is 0 Å². The van der Waals surface area contributed by atoms with Gasteiger partial charge in [-0.05, 0) is 13.0 Å². The fourth-order valence-corrected chi connectivity index (χ4v) is 2.11. The third-order valence-electron chi connectivity index (χ3n) is 1.78. The number of hydrogen-bond acceptors (Lipinski definition) is 4. The number of nitrogens with two attached hydrogens (primary N) is 1. The lowest BCUT2D eigenvalue weighted by atomic mass is 10.3. The average molecular weight is 229 g/mol. The van der Waals surface area contributed by atoms with Crippen LogP contribution in [0.3, 0.4) is 0 Å². The van der Waals surface area contributed by atoms with Crippen LogP contribution in [0.2, 0.25) is 0 Å². The van der Waals surface area contributed by atoms with Crippen LogP contribution in [0, 0.1) is 0 Å². The summed E-state index contributed by atoms with van der Waals surface area (Å²) < 4.78 is 0. The molecule has 14 heavy (non-hydrogen) atoms. The second-order valence-electron chi connectivity index (χ2n) is 3.14. The standard InChI is InChI=1S/C9H15N3S2/c1-2-3-12(6-9(10)13)5-8-4-11-7-14-8/h4,7H,2-3,5-6H2,1H3,(H2,10,13). The molecule has 0 spiro atoms. The fraction of sp³-hybridized carbons (Fsp3) is 0.556. The summed E-state index contributed by atoms with van der Waals surface area (Å²) in [7, 11) is 0. The number of nitrogens with zero attached hydrogens (tertiary/aromatic N) is 2. The molecule has 0 atom stereocenters. The van der Waals surface area contributed by atoms with Gasteiger partial charge >= 0.3 is 0 Å². The van der Waals surface area contributed by atoms with Gasteiger partial charge in [0.25, 0.3) is 0 Å². The molecule has 0 saturated carbocycles. The molecule has 0 amide bonds. The Morgan fingerprint density at radius 1 is 1.71 bits per heavy atom. The maximum atomic E-state index is 5.53. The van der Waals surface area contributed by atoms with Crippen LogP contribution < -0.4 is 5.73 Å². The Labute approximate surface area is 93.9 Å². The molecule has 0 aromatic carbocycles. The first-order valence-corrected chi connectivity index (χ1v) is 5.89. The van der Waals surface area contributed by atoms with Crippen molar-refractivity contribution in [2.45, 2.75) is 19.9 Å². The van der Waals surface area contributed by atoms with Crippen LogP contribution in [0.1, 0.15) is 18.2 Å². The smallest absolute Gasteiger partial charge is 0.0870 e. The van der Waals surface area contributed by atoms with Crippen LogP contribution >= 0.6 is 23.6 Å². The lowest BCUT2D eigenvalue weighted by Gasteiger charge is -2.19. The van der Waals surface area contributed by atoms with Crippen molar-refractivity contribution < 1.29 is 0 Å². The van der Waals surface area contributed by atoms with E-state index in [1.54, 1.807) is 11.3 Å². The summed E-state index contributed by atoms with van der Waals surface area (Å²) in [6, 6.07) is 0. The maximum Gasteiger partial charge on any atom is 0.0870 e. The fourth-order valence-electron chi connectivity index (χ4n) is 1.29. The van der Waals surface area contributed by atoms with Crippen molar-refractivity contribution in [3.8, 4) is 0 Å². The molecule has 0 fully saturated rings. The Morgan fingerprint density at radius 3 is 3.00 bits per heavy atom. The van der Waals surface area contributed by atoms with Gasteiger partial charge in [-0.25, -0.2) is 0 Å². The first-order valence-electron chi connectivity index (χ1n) is 4.60. The quantitative estimate of drug-likeness (QED) is 0.753. The normalized spacial score (nSPS) is 10.7. The average Bonchev–Trinajstić information content (AvgIpc) is 2.56. The molecule has 78 valence electrons. The van der Waals surface area contributed by atoms with Crippen LogP contribution in [0.4, 0.5) is 0 Å². The number of thiocarbonyl (C=S) groups is 1. The van der Waals surface area contributed by atoms with Gasteiger partial charge in [-0.15, -0.1) is 11.3 Å². The molecule has 0 bridgehead atoms. The van der Waals surface area contributed by atoms with Gasteiger partial charge in [-0.2, -0.15) is 0 Å². The van der Waals surface area contributed by atoms with Gasteiger partial charge in [0.2, 0.25) is 0 Å². The van der Waals surface area contributed by atoms with E-state index in [2.05, 4.69) is 16.8 Å². The predicted octanol–water partition coefficient (Wildman–Crippen LogP) is 1.64. The van der Waals surface area contributed by atoms with Gasteiger partial charge in [0.1, 0.15) is 0 Å². The van der Waals surface area contributed by atoms with Crippen molar-refractivity contribution >= 4 is 28.5 Å². The first-order chi connectivity index (χ1) is 6.72. The second-order valence-corrected chi connectivity index (χ2v) is 4.64. The van der Waals surface area contributed by atoms with E-state index in [9.17, 15) is 0 Å². The van der Waals surface area contributed by atoms with E-state index in [4.69, 9.17) is 18.0 Å². The van der Waals surface area contributed by atoms with Crippen molar-refractivity contribution in [2.75, 3.05) is 13.1 Å². The molecular weight excluding hydrogens is 214 g/mol. The van der Waals surface area contributed by atoms with Crippen molar-refractivity contribution in [1.82, 2.24) is 9.88 Å². The van der Waals surface area contributed by atoms with E-state index in [-0.39, 0.29) is 0 Å². The van der Waals surface area contributed by atoms with Crippen LogP contribution in [0.15, 0.2) is 11.7 Å². The Morgan fingerprint density at radius 2 is 2.50 bits per heavy atom. The first kappa shape index (κ1) is 11.6. The largest absolute Gasteiger partial charge is 0.392 e. The summed E-state index contributed by atoms with van der Waals surface area (Å²) >= 11 is 6.57. The molecule has 0 aliphatic rings. The number of rotatable bonds is 6. The lowest BCUT2D eigenvalue weighted by molar-refractivity contribution is 0.307. The minimum absolute atomic E-state index is 0.558. The Hall–Kier alpha value is -0.520. The summed E-state index contributed by atoms with van der Waals surface area (Å²) in [5.41, 5.74) is 7.38. The van der Waals surface area contributed by atoms with E-state index in [0.29, 0.717) is 11.5 Å². The van der Waals surface area contributed by atoms with E-state index in [1.165, 1.54) is 4.88 Å². The van der Waals surface area contributed by atoms with Crippen LogP contribution in [0.25, 0.3) is 0 Å². The topological polar surface area (TPSA) is 42.1 Å². The summed E-state index contributed by atoms with van der Waals surface area (Å²) in [5.74, 6) is 0. The van der Waals surface area contributed by atoms with Crippen molar-refractivity contribution in [3.63, 3.8) is 0 Å². The highest BCUT2D eigenvalue weighted by Gasteiger charge is 2.06. The molecule has 2 N–H and O–H groups in total. The minimum atomic E-state index is 0.558. The molecule has 1 aromatic heterocycles. The van der Waals surface area contributed by atoms with Gasteiger partial charge < -0.3 is 5.73 Å². The molecular formula is C9H15N3S2. The highest BCUT2D eigenvalue weighted by atomic mass is 32.1. The SMILES string of the molecule is CCCN(CC(N)=S)Cc1cncs1. The highest BCUT2D eigenvalue weighted by Crippen LogP contribution is 2.09. The monoisotopic (exact) mass is 229 g/mol.